The number of rotatable bonds is 7. The van der Waals surface area contributed by atoms with E-state index in [1.165, 1.54) is 30.6 Å². The van der Waals surface area contributed by atoms with Crippen LogP contribution in [0.4, 0.5) is 0 Å². The SMILES string of the molecule is CCCCCC[C@H]1C[C@H](Sc2ccccc2)O[C@@H](C(C)(C)C)O1. The van der Waals surface area contributed by atoms with Gasteiger partial charge in [0.2, 0.25) is 0 Å². The van der Waals surface area contributed by atoms with Crippen molar-refractivity contribution in [1.82, 2.24) is 0 Å². The Balaban J connectivity index is 1.94. The Hall–Kier alpha value is -0.510. The van der Waals surface area contributed by atoms with Gasteiger partial charge >= 0.3 is 0 Å². The third-order valence-electron chi connectivity index (χ3n) is 4.14. The van der Waals surface area contributed by atoms with Crippen LogP contribution in [0.5, 0.6) is 0 Å². The first kappa shape index (κ1) is 18.8. The first-order valence-electron chi connectivity index (χ1n) is 9.01. The smallest absolute Gasteiger partial charge is 0.164 e. The molecule has 1 saturated heterocycles. The van der Waals surface area contributed by atoms with Gasteiger partial charge in [0.1, 0.15) is 5.44 Å². The second-order valence-corrected chi connectivity index (χ2v) is 8.77. The maximum absolute atomic E-state index is 6.26. The van der Waals surface area contributed by atoms with E-state index in [9.17, 15) is 0 Å². The summed E-state index contributed by atoms with van der Waals surface area (Å²) in [5.41, 5.74) is 0.198. The number of hydrogen-bond donors (Lipinski definition) is 0. The average molecular weight is 337 g/mol. The minimum Gasteiger partial charge on any atom is -0.349 e. The largest absolute Gasteiger partial charge is 0.349 e. The van der Waals surface area contributed by atoms with Gasteiger partial charge in [0.25, 0.3) is 0 Å². The highest BCUT2D eigenvalue weighted by molar-refractivity contribution is 7.99. The molecule has 1 aromatic rings. The third-order valence-corrected chi connectivity index (χ3v) is 5.26. The summed E-state index contributed by atoms with van der Waals surface area (Å²) in [5.74, 6) is 0. The Kier molecular flexibility index (Phi) is 7.45. The predicted octanol–water partition coefficient (Wildman–Crippen LogP) is 6.25. The zero-order valence-electron chi connectivity index (χ0n) is 15.1. The normalized spacial score (nSPS) is 25.5. The second kappa shape index (κ2) is 9.10. The third kappa shape index (κ3) is 6.48. The summed E-state index contributed by atoms with van der Waals surface area (Å²) < 4.78 is 12.5. The number of unbranched alkanes of at least 4 members (excludes halogenated alkanes) is 3. The highest BCUT2D eigenvalue weighted by Gasteiger charge is 2.37. The Morgan fingerprint density at radius 1 is 1.04 bits per heavy atom. The fourth-order valence-corrected chi connectivity index (χ4v) is 3.88. The maximum atomic E-state index is 6.26. The molecule has 0 saturated carbocycles. The molecule has 0 amide bonds. The van der Waals surface area contributed by atoms with E-state index in [2.05, 4.69) is 58.0 Å². The number of hydrogen-bond acceptors (Lipinski definition) is 3. The molecule has 130 valence electrons. The standard InChI is InChI=1S/C20H32O2S/c1-5-6-7-9-12-16-15-18(22-19(21-16)20(2,3)4)23-17-13-10-8-11-14-17/h8,10-11,13-14,16,18-19H,5-7,9,12,15H2,1-4H3/t16-,18-,19-/m0/s1. The summed E-state index contributed by atoms with van der Waals surface area (Å²) in [4.78, 5) is 1.27. The number of ether oxygens (including phenoxy) is 2. The lowest BCUT2D eigenvalue weighted by Crippen LogP contribution is -2.43. The molecular formula is C20H32O2S. The van der Waals surface area contributed by atoms with E-state index in [0.29, 0.717) is 6.10 Å². The predicted molar refractivity (Wildman–Crippen MR) is 98.7 cm³/mol. The number of benzene rings is 1. The van der Waals surface area contributed by atoms with Crippen LogP contribution in [0.3, 0.4) is 0 Å². The molecule has 2 rings (SSSR count). The van der Waals surface area contributed by atoms with Crippen LogP contribution >= 0.6 is 11.8 Å². The number of thioether (sulfide) groups is 1. The monoisotopic (exact) mass is 336 g/mol. The Labute approximate surface area is 146 Å². The molecule has 0 aromatic heterocycles. The quantitative estimate of drug-likeness (QED) is 0.548. The van der Waals surface area contributed by atoms with Crippen LogP contribution in [0.25, 0.3) is 0 Å². The molecule has 23 heavy (non-hydrogen) atoms. The van der Waals surface area contributed by atoms with Crippen molar-refractivity contribution in [2.24, 2.45) is 5.41 Å². The average Bonchev–Trinajstić information content (AvgIpc) is 2.51. The lowest BCUT2D eigenvalue weighted by Gasteiger charge is -2.41. The Morgan fingerprint density at radius 2 is 1.78 bits per heavy atom. The molecule has 1 heterocycles. The minimum absolute atomic E-state index is 0.0115. The lowest BCUT2D eigenvalue weighted by molar-refractivity contribution is -0.262. The highest BCUT2D eigenvalue weighted by Crippen LogP contribution is 2.38. The molecule has 1 aliphatic rings. The molecule has 0 radical (unpaired) electrons. The lowest BCUT2D eigenvalue weighted by atomic mass is 9.94. The van der Waals surface area contributed by atoms with E-state index in [1.54, 1.807) is 0 Å². The molecule has 2 nitrogen and oxygen atoms in total. The van der Waals surface area contributed by atoms with Crippen molar-refractivity contribution >= 4 is 11.8 Å². The van der Waals surface area contributed by atoms with E-state index in [4.69, 9.17) is 9.47 Å². The molecule has 3 heteroatoms. The van der Waals surface area contributed by atoms with Crippen LogP contribution in [0.15, 0.2) is 35.2 Å². The van der Waals surface area contributed by atoms with Gasteiger partial charge in [0.15, 0.2) is 6.29 Å². The molecule has 0 N–H and O–H groups in total. The van der Waals surface area contributed by atoms with Gasteiger partial charge < -0.3 is 9.47 Å². The van der Waals surface area contributed by atoms with E-state index in [0.717, 1.165) is 12.8 Å². The van der Waals surface area contributed by atoms with Crippen molar-refractivity contribution in [2.75, 3.05) is 0 Å². The van der Waals surface area contributed by atoms with Crippen molar-refractivity contribution in [3.63, 3.8) is 0 Å². The zero-order chi connectivity index (χ0) is 16.7. The maximum Gasteiger partial charge on any atom is 0.164 e. The van der Waals surface area contributed by atoms with Crippen LogP contribution < -0.4 is 0 Å². The Bertz CT molecular complexity index is 441. The summed E-state index contributed by atoms with van der Waals surface area (Å²) >= 11 is 1.83. The van der Waals surface area contributed by atoms with E-state index in [1.807, 2.05) is 11.8 Å². The van der Waals surface area contributed by atoms with Crippen LogP contribution in [-0.4, -0.2) is 17.8 Å². The Morgan fingerprint density at radius 3 is 2.43 bits per heavy atom. The van der Waals surface area contributed by atoms with Gasteiger partial charge in [-0.05, 0) is 18.6 Å². The first-order valence-corrected chi connectivity index (χ1v) is 9.89. The van der Waals surface area contributed by atoms with Gasteiger partial charge in [-0.15, -0.1) is 0 Å². The highest BCUT2D eigenvalue weighted by atomic mass is 32.2. The summed E-state index contributed by atoms with van der Waals surface area (Å²) in [6.45, 7) is 8.84. The van der Waals surface area contributed by atoms with Gasteiger partial charge in [-0.25, -0.2) is 0 Å². The fraction of sp³-hybridized carbons (Fsp3) is 0.700. The molecule has 1 aliphatic heterocycles. The topological polar surface area (TPSA) is 18.5 Å². The summed E-state index contributed by atoms with van der Waals surface area (Å²) in [5, 5.41) is 0. The zero-order valence-corrected chi connectivity index (χ0v) is 15.9. The van der Waals surface area contributed by atoms with Crippen LogP contribution in [0.2, 0.25) is 0 Å². The van der Waals surface area contributed by atoms with E-state index >= 15 is 0 Å². The summed E-state index contributed by atoms with van der Waals surface area (Å²) in [6.07, 6.45) is 7.53. The fourth-order valence-electron chi connectivity index (χ4n) is 2.79. The van der Waals surface area contributed by atoms with Crippen molar-refractivity contribution in [2.45, 2.75) is 88.9 Å². The molecule has 0 unspecified atom stereocenters. The van der Waals surface area contributed by atoms with Crippen molar-refractivity contribution in [3.8, 4) is 0 Å². The first-order chi connectivity index (χ1) is 11.0. The van der Waals surface area contributed by atoms with Crippen molar-refractivity contribution in [3.05, 3.63) is 30.3 Å². The molecule has 0 bridgehead atoms. The van der Waals surface area contributed by atoms with Gasteiger partial charge in [0, 0.05) is 16.7 Å². The van der Waals surface area contributed by atoms with E-state index < -0.39 is 0 Å². The summed E-state index contributed by atoms with van der Waals surface area (Å²) in [6, 6.07) is 10.6. The van der Waals surface area contributed by atoms with Gasteiger partial charge in [-0.1, -0.05) is 83.3 Å². The second-order valence-electron chi connectivity index (χ2n) is 7.54. The van der Waals surface area contributed by atoms with Crippen LogP contribution in [0, 0.1) is 5.41 Å². The molecule has 1 aromatic carbocycles. The molecular weight excluding hydrogens is 304 g/mol. The molecule has 3 atom stereocenters. The van der Waals surface area contributed by atoms with Crippen LogP contribution in [-0.2, 0) is 9.47 Å². The van der Waals surface area contributed by atoms with Crippen molar-refractivity contribution in [1.29, 1.82) is 0 Å². The van der Waals surface area contributed by atoms with E-state index in [-0.39, 0.29) is 17.1 Å². The van der Waals surface area contributed by atoms with Gasteiger partial charge in [0.05, 0.1) is 6.10 Å². The van der Waals surface area contributed by atoms with Crippen molar-refractivity contribution < 1.29 is 9.47 Å². The molecule has 0 spiro atoms. The minimum atomic E-state index is -0.117. The molecule has 0 aliphatic carbocycles. The van der Waals surface area contributed by atoms with Gasteiger partial charge in [-0.3, -0.25) is 0 Å². The van der Waals surface area contributed by atoms with Crippen LogP contribution in [0.1, 0.15) is 66.2 Å². The van der Waals surface area contributed by atoms with Gasteiger partial charge in [-0.2, -0.15) is 0 Å². The molecule has 1 fully saturated rings. The summed E-state index contributed by atoms with van der Waals surface area (Å²) in [7, 11) is 0.